The van der Waals surface area contributed by atoms with Crippen LogP contribution in [0.4, 0.5) is 0 Å². The van der Waals surface area contributed by atoms with Crippen molar-refractivity contribution < 1.29 is 76.7 Å². The first-order chi connectivity index (χ1) is 4.04. The molecule has 0 aromatic heterocycles. The number of nitrogens with two attached hydrogens (primary N) is 1. The third kappa shape index (κ3) is 24.0. The molecule has 14 heavy (non-hydrogen) atoms. The molecule has 78 valence electrons. The molecule has 0 aliphatic rings. The van der Waals surface area contributed by atoms with E-state index in [2.05, 4.69) is 0 Å². The fourth-order valence-electron chi connectivity index (χ4n) is 0.609. The van der Waals surface area contributed by atoms with Gasteiger partial charge in [-0.25, -0.2) is 0 Å². The van der Waals surface area contributed by atoms with E-state index in [-0.39, 0.29) is 105 Å². The summed E-state index contributed by atoms with van der Waals surface area (Å²) in [6, 6.07) is -0.690. The van der Waals surface area contributed by atoms with Crippen molar-refractivity contribution in [2.75, 3.05) is 0 Å². The van der Waals surface area contributed by atoms with Crippen LogP contribution in [0.15, 0.2) is 0 Å². The Kier molecular flexibility index (Phi) is 53.7. The van der Waals surface area contributed by atoms with Gasteiger partial charge in [-0.2, -0.15) is 0 Å². The number of hydrogen-bond donors (Lipinski definition) is 2. The summed E-state index contributed by atoms with van der Waals surface area (Å²) >= 11 is 0. The Balaban J connectivity index is -0.0000000320. The zero-order valence-electron chi connectivity index (χ0n) is 8.64. The van der Waals surface area contributed by atoms with Crippen molar-refractivity contribution >= 4 is 43.7 Å². The number of carboxylic acids is 1. The molecule has 0 aromatic carbocycles. The molecule has 8 heteroatoms. The van der Waals surface area contributed by atoms with Crippen LogP contribution in [0.5, 0.6) is 0 Å². The minimum absolute atomic E-state index is 0. The van der Waals surface area contributed by atoms with Crippen molar-refractivity contribution in [1.29, 1.82) is 0 Å². The van der Waals surface area contributed by atoms with Gasteiger partial charge in [0, 0.05) is 0 Å². The van der Waals surface area contributed by atoms with Crippen LogP contribution in [0.25, 0.3) is 0 Å². The van der Waals surface area contributed by atoms with Gasteiger partial charge >= 0.3 is 73.3 Å². The van der Waals surface area contributed by atoms with Crippen molar-refractivity contribution in [2.45, 2.75) is 26.3 Å². The quantitative estimate of drug-likeness (QED) is 0.509. The SMILES string of the molecule is CC(C)CC(N)C(=O)O.[Ca+2].[Cl-].[Cl-].[Cl-].[Na+]. The molecule has 0 spiro atoms. The van der Waals surface area contributed by atoms with Crippen LogP contribution < -0.4 is 72.5 Å². The van der Waals surface area contributed by atoms with Gasteiger partial charge in [-0.15, -0.1) is 0 Å². The molecule has 0 bridgehead atoms. The maximum Gasteiger partial charge on any atom is 2.00 e. The minimum atomic E-state index is -0.913. The van der Waals surface area contributed by atoms with E-state index in [1.807, 2.05) is 13.8 Å². The van der Waals surface area contributed by atoms with E-state index in [0.717, 1.165) is 0 Å². The molecule has 0 heterocycles. The Morgan fingerprint density at radius 2 is 1.57 bits per heavy atom. The Morgan fingerprint density at radius 3 is 1.64 bits per heavy atom. The minimum Gasteiger partial charge on any atom is -1.00 e. The maximum atomic E-state index is 10.1. The standard InChI is InChI=1S/C6H13NO2.Ca.3ClH.Na/c1-4(2)3-5(7)6(8)9;;;;;/h4-5H,3,7H2,1-2H3,(H,8,9);;3*1H;/q;+2;;;;+1/p-3. The maximum absolute atomic E-state index is 10.1. The molecule has 0 aliphatic heterocycles. The molecule has 1 atom stereocenters. The van der Waals surface area contributed by atoms with Crippen LogP contribution in [0.1, 0.15) is 20.3 Å². The second kappa shape index (κ2) is 20.9. The predicted octanol–water partition coefficient (Wildman–Crippen LogP) is -11.9. The topological polar surface area (TPSA) is 63.3 Å². The molecule has 0 fully saturated rings. The van der Waals surface area contributed by atoms with Gasteiger partial charge in [-0.3, -0.25) is 4.79 Å². The van der Waals surface area contributed by atoms with E-state index in [1.165, 1.54) is 0 Å². The smallest absolute Gasteiger partial charge is 1.00 e. The molecule has 0 saturated carbocycles. The third-order valence-corrected chi connectivity index (χ3v) is 1.04. The van der Waals surface area contributed by atoms with Gasteiger partial charge in [0.05, 0.1) is 0 Å². The van der Waals surface area contributed by atoms with E-state index < -0.39 is 12.0 Å². The predicted molar refractivity (Wildman–Crippen MR) is 40.8 cm³/mol. The van der Waals surface area contributed by atoms with E-state index in [1.54, 1.807) is 0 Å². The fraction of sp³-hybridized carbons (Fsp3) is 0.833. The van der Waals surface area contributed by atoms with Gasteiger partial charge < -0.3 is 48.1 Å². The van der Waals surface area contributed by atoms with Crippen molar-refractivity contribution in [1.82, 2.24) is 0 Å². The van der Waals surface area contributed by atoms with Crippen molar-refractivity contribution in [2.24, 2.45) is 11.7 Å². The third-order valence-electron chi connectivity index (χ3n) is 1.04. The summed E-state index contributed by atoms with van der Waals surface area (Å²) in [6.07, 6.45) is 0.551. The van der Waals surface area contributed by atoms with E-state index in [0.29, 0.717) is 12.3 Å². The molecule has 3 N–H and O–H groups in total. The monoisotopic (exact) mass is 299 g/mol. The largest absolute Gasteiger partial charge is 2.00 e. The van der Waals surface area contributed by atoms with Gasteiger partial charge in [0.15, 0.2) is 0 Å². The van der Waals surface area contributed by atoms with E-state index in [9.17, 15) is 4.79 Å². The second-order valence-corrected chi connectivity index (χ2v) is 2.57. The zero-order valence-corrected chi connectivity index (χ0v) is 15.1. The Hall–Kier alpha value is 2.56. The number of hydrogen-bond acceptors (Lipinski definition) is 2. The molecule has 0 radical (unpaired) electrons. The summed E-state index contributed by atoms with van der Waals surface area (Å²) in [7, 11) is 0. The molecule has 0 aromatic rings. The number of carboxylic acid groups (broad SMARTS) is 1. The average Bonchev–Trinajstić information content (AvgIpc) is 1.63. The first kappa shape index (κ1) is 36.0. The fourth-order valence-corrected chi connectivity index (χ4v) is 0.609. The molecule has 0 aliphatic carbocycles. The first-order valence-electron chi connectivity index (χ1n) is 3.02. The normalized spacial score (nSPS) is 8.86. The van der Waals surface area contributed by atoms with Crippen molar-refractivity contribution in [3.63, 3.8) is 0 Å². The molecule has 1 unspecified atom stereocenters. The Labute approximate surface area is 156 Å². The molecule has 0 saturated heterocycles. The van der Waals surface area contributed by atoms with Crippen LogP contribution in [-0.2, 0) is 4.79 Å². The summed E-state index contributed by atoms with van der Waals surface area (Å²) in [6.45, 7) is 3.89. The van der Waals surface area contributed by atoms with Gasteiger partial charge in [0.25, 0.3) is 0 Å². The number of halogens is 3. The molecule has 0 amide bonds. The molecule has 3 nitrogen and oxygen atoms in total. The molecule has 0 rings (SSSR count). The van der Waals surface area contributed by atoms with E-state index >= 15 is 0 Å². The van der Waals surface area contributed by atoms with Crippen LogP contribution in [0, 0.1) is 5.92 Å². The number of aliphatic carboxylic acids is 1. The number of rotatable bonds is 3. The summed E-state index contributed by atoms with van der Waals surface area (Å²) in [4.78, 5) is 10.1. The second-order valence-electron chi connectivity index (χ2n) is 2.57. The summed E-state index contributed by atoms with van der Waals surface area (Å²) < 4.78 is 0. The van der Waals surface area contributed by atoms with Crippen molar-refractivity contribution in [3.05, 3.63) is 0 Å². The van der Waals surface area contributed by atoms with Crippen LogP contribution in [-0.4, -0.2) is 54.9 Å². The van der Waals surface area contributed by atoms with Crippen molar-refractivity contribution in [3.8, 4) is 0 Å². The summed E-state index contributed by atoms with van der Waals surface area (Å²) in [5.74, 6) is -0.556. The Bertz CT molecular complexity index is 121. The van der Waals surface area contributed by atoms with Crippen LogP contribution in [0.3, 0.4) is 0 Å². The van der Waals surface area contributed by atoms with Crippen LogP contribution in [0.2, 0.25) is 0 Å². The summed E-state index contributed by atoms with van der Waals surface area (Å²) in [5.41, 5.74) is 5.22. The van der Waals surface area contributed by atoms with Gasteiger partial charge in [0.1, 0.15) is 6.04 Å². The van der Waals surface area contributed by atoms with Gasteiger partial charge in [-0.1, -0.05) is 13.8 Å². The molecular formula is C6H13CaCl3NNaO2. The summed E-state index contributed by atoms with van der Waals surface area (Å²) in [5, 5.41) is 8.31. The molecular weight excluding hydrogens is 287 g/mol. The number of carbonyl (C=O) groups is 1. The first-order valence-corrected chi connectivity index (χ1v) is 3.02. The van der Waals surface area contributed by atoms with E-state index in [4.69, 9.17) is 10.8 Å². The average molecular weight is 301 g/mol. The van der Waals surface area contributed by atoms with Gasteiger partial charge in [-0.05, 0) is 12.3 Å². The van der Waals surface area contributed by atoms with Crippen LogP contribution >= 0.6 is 0 Å². The van der Waals surface area contributed by atoms with Gasteiger partial charge in [0.2, 0.25) is 0 Å². The zero-order chi connectivity index (χ0) is 7.44. The Morgan fingerprint density at radius 1 is 1.29 bits per heavy atom.